The first-order chi connectivity index (χ1) is 50.7. The minimum atomic E-state index is 1.10. The molecular weight excluding hydrogens is 1230 g/mol. The van der Waals surface area contributed by atoms with Gasteiger partial charge in [-0.1, -0.05) is 413 Å². The highest BCUT2D eigenvalue weighted by Gasteiger charge is 2.31. The van der Waals surface area contributed by atoms with Gasteiger partial charge < -0.3 is 0 Å². The summed E-state index contributed by atoms with van der Waals surface area (Å²) < 4.78 is 0. The summed E-state index contributed by atoms with van der Waals surface area (Å²) in [4.78, 5) is 0. The molecule has 478 valence electrons. The molecule has 0 spiro atoms. The molecule has 17 aromatic rings. The van der Waals surface area contributed by atoms with Gasteiger partial charge in [0.25, 0.3) is 0 Å². The number of benzene rings is 17. The number of hydrogen-bond donors (Lipinski definition) is 0. The lowest BCUT2D eigenvalue weighted by molar-refractivity contribution is 1.50. The maximum absolute atomic E-state index is 2.46. The standard InChI is InChI=1S/C102H70/c1-13-37-71(38-14-1)87-69-89(93(77-45-21-5-22-46-77)95(79-49-25-7-26-50-79)91(87)75-41-17-3-18-42-75)73-61-65-85(66-62-73)101-99(83-57-33-11-34-58-83)97(81-53-29-9-30-54-81)98(82-55-31-10-32-56-82)100(84-59-35-12-36-60-84)102(101)86-67-63-74(64-68-86)90-70-88(72-39-15-2-16-40-72)92(76-43-19-4-20-44-76)96(80-51-27-8-28-52-80)94(90)78-47-23-6-24-48-78/h1-70H. The molecule has 0 radical (unpaired) electrons. The van der Waals surface area contributed by atoms with Gasteiger partial charge in [-0.05, 0) is 190 Å². The Labute approximate surface area is 598 Å². The van der Waals surface area contributed by atoms with E-state index in [-0.39, 0.29) is 0 Å². The quantitative estimate of drug-likeness (QED) is 0.0904. The minimum absolute atomic E-state index is 1.10. The van der Waals surface area contributed by atoms with Crippen LogP contribution in [0.25, 0.3) is 178 Å². The van der Waals surface area contributed by atoms with E-state index in [9.17, 15) is 0 Å². The monoisotopic (exact) mass is 1290 g/mol. The third-order valence-corrected chi connectivity index (χ3v) is 19.9. The Morgan fingerprint density at radius 1 is 0.0784 bits per heavy atom. The average Bonchev–Trinajstić information content (AvgIpc) is 0.743. The summed E-state index contributed by atoms with van der Waals surface area (Å²) in [6, 6.07) is 156. The van der Waals surface area contributed by atoms with Gasteiger partial charge in [0.2, 0.25) is 0 Å². The molecule has 0 aromatic heterocycles. The van der Waals surface area contributed by atoms with Crippen LogP contribution in [-0.2, 0) is 0 Å². The summed E-state index contributed by atoms with van der Waals surface area (Å²) in [7, 11) is 0. The van der Waals surface area contributed by atoms with Crippen LogP contribution in [0.3, 0.4) is 0 Å². The second kappa shape index (κ2) is 28.3. The van der Waals surface area contributed by atoms with Crippen LogP contribution in [0.15, 0.2) is 425 Å². The third kappa shape index (κ3) is 12.0. The first-order valence-corrected chi connectivity index (χ1v) is 35.2. The largest absolute Gasteiger partial charge is 0.0622 e. The van der Waals surface area contributed by atoms with E-state index in [4.69, 9.17) is 0 Å². The molecule has 0 nitrogen and oxygen atoms in total. The van der Waals surface area contributed by atoms with E-state index in [1.807, 2.05) is 0 Å². The molecule has 0 saturated carbocycles. The summed E-state index contributed by atoms with van der Waals surface area (Å²) in [6.07, 6.45) is 0. The van der Waals surface area contributed by atoms with Crippen LogP contribution in [-0.4, -0.2) is 0 Å². The summed E-state index contributed by atoms with van der Waals surface area (Å²) in [5.41, 5.74) is 36.9. The molecule has 102 heavy (non-hydrogen) atoms. The van der Waals surface area contributed by atoms with E-state index in [1.165, 1.54) is 55.6 Å². The van der Waals surface area contributed by atoms with E-state index < -0.39 is 0 Å². The van der Waals surface area contributed by atoms with Crippen molar-refractivity contribution in [1.29, 1.82) is 0 Å². The fraction of sp³-hybridized carbons (Fsp3) is 0. The van der Waals surface area contributed by atoms with E-state index >= 15 is 0 Å². The number of hydrogen-bond acceptors (Lipinski definition) is 0. The Kier molecular flexibility index (Phi) is 17.3. The van der Waals surface area contributed by atoms with Gasteiger partial charge in [-0.3, -0.25) is 0 Å². The highest BCUT2D eigenvalue weighted by Crippen LogP contribution is 2.58. The lowest BCUT2D eigenvalue weighted by atomic mass is 9.74. The zero-order chi connectivity index (χ0) is 68.0. The summed E-state index contributed by atoms with van der Waals surface area (Å²) in [5, 5.41) is 0. The zero-order valence-electron chi connectivity index (χ0n) is 56.4. The van der Waals surface area contributed by atoms with Gasteiger partial charge in [0, 0.05) is 0 Å². The van der Waals surface area contributed by atoms with Crippen LogP contribution in [0.4, 0.5) is 0 Å². The molecule has 0 heterocycles. The molecule has 0 bridgehead atoms. The summed E-state index contributed by atoms with van der Waals surface area (Å²) >= 11 is 0. The fourth-order valence-electron chi connectivity index (χ4n) is 15.5. The Bertz CT molecular complexity index is 5350. The molecule has 0 heteroatoms. The highest BCUT2D eigenvalue weighted by molar-refractivity contribution is 6.16. The molecule has 0 amide bonds. The van der Waals surface area contributed by atoms with Crippen molar-refractivity contribution in [3.8, 4) is 178 Å². The van der Waals surface area contributed by atoms with Gasteiger partial charge in [-0.25, -0.2) is 0 Å². The van der Waals surface area contributed by atoms with Crippen molar-refractivity contribution in [2.75, 3.05) is 0 Å². The summed E-state index contributed by atoms with van der Waals surface area (Å²) in [5.74, 6) is 0. The Morgan fingerprint density at radius 3 is 0.333 bits per heavy atom. The second-order valence-electron chi connectivity index (χ2n) is 26.0. The highest BCUT2D eigenvalue weighted by atomic mass is 14.3. The van der Waals surface area contributed by atoms with Gasteiger partial charge in [0.15, 0.2) is 0 Å². The Morgan fingerprint density at radius 2 is 0.176 bits per heavy atom. The van der Waals surface area contributed by atoms with Crippen LogP contribution >= 0.6 is 0 Å². The van der Waals surface area contributed by atoms with Crippen molar-refractivity contribution in [1.82, 2.24) is 0 Å². The molecule has 0 aliphatic heterocycles. The topological polar surface area (TPSA) is 0 Å². The second-order valence-corrected chi connectivity index (χ2v) is 26.0. The maximum Gasteiger partial charge on any atom is -0.00139 e. The van der Waals surface area contributed by atoms with E-state index in [1.54, 1.807) is 0 Å². The van der Waals surface area contributed by atoms with Gasteiger partial charge in [0.05, 0.1) is 0 Å². The van der Waals surface area contributed by atoms with Crippen LogP contribution < -0.4 is 0 Å². The predicted octanol–water partition coefficient (Wildman–Crippen LogP) is 28.4. The average molecular weight is 1300 g/mol. The molecule has 17 rings (SSSR count). The van der Waals surface area contributed by atoms with Crippen LogP contribution in [0, 0.1) is 0 Å². The van der Waals surface area contributed by atoms with E-state index in [0.29, 0.717) is 0 Å². The molecule has 0 fully saturated rings. The lowest BCUT2D eigenvalue weighted by Gasteiger charge is -2.29. The third-order valence-electron chi connectivity index (χ3n) is 19.9. The molecule has 0 aliphatic carbocycles. The zero-order valence-corrected chi connectivity index (χ0v) is 56.4. The molecule has 0 N–H and O–H groups in total. The molecule has 0 aliphatic rings. The smallest absolute Gasteiger partial charge is 0.00139 e. The van der Waals surface area contributed by atoms with Crippen LogP contribution in [0.5, 0.6) is 0 Å². The molecule has 0 saturated heterocycles. The van der Waals surface area contributed by atoms with Gasteiger partial charge in [-0.2, -0.15) is 0 Å². The normalized spacial score (nSPS) is 11.1. The number of rotatable bonds is 16. The van der Waals surface area contributed by atoms with Gasteiger partial charge in [-0.15, -0.1) is 0 Å². The molecule has 0 unspecified atom stereocenters. The van der Waals surface area contributed by atoms with E-state index in [2.05, 4.69) is 425 Å². The summed E-state index contributed by atoms with van der Waals surface area (Å²) in [6.45, 7) is 0. The Balaban J connectivity index is 0.977. The first kappa shape index (κ1) is 62.3. The van der Waals surface area contributed by atoms with Crippen molar-refractivity contribution in [3.63, 3.8) is 0 Å². The van der Waals surface area contributed by atoms with Crippen LogP contribution in [0.2, 0.25) is 0 Å². The Hall–Kier alpha value is -13.3. The fourth-order valence-corrected chi connectivity index (χ4v) is 15.5. The van der Waals surface area contributed by atoms with Crippen molar-refractivity contribution in [2.24, 2.45) is 0 Å². The van der Waals surface area contributed by atoms with Crippen molar-refractivity contribution in [3.05, 3.63) is 425 Å². The van der Waals surface area contributed by atoms with Gasteiger partial charge >= 0.3 is 0 Å². The predicted molar refractivity (Wildman–Crippen MR) is 433 cm³/mol. The SMILES string of the molecule is c1ccc(-c2cc(-c3ccc(-c4c(-c5ccccc5)c(-c5ccccc5)c(-c5ccccc5)c(-c5ccccc5)c4-c4ccc(-c5cc(-c6ccccc6)c(-c6ccccc6)c(-c6ccccc6)c5-c5ccccc5)cc4)cc3)c(-c3ccccc3)c(-c3ccccc3)c2-c2ccccc2)cc1. The van der Waals surface area contributed by atoms with Gasteiger partial charge in [0.1, 0.15) is 0 Å². The molecule has 17 aromatic carbocycles. The van der Waals surface area contributed by atoms with Crippen molar-refractivity contribution >= 4 is 0 Å². The van der Waals surface area contributed by atoms with Crippen LogP contribution in [0.1, 0.15) is 0 Å². The van der Waals surface area contributed by atoms with Crippen molar-refractivity contribution in [2.45, 2.75) is 0 Å². The first-order valence-electron chi connectivity index (χ1n) is 35.2. The van der Waals surface area contributed by atoms with E-state index in [0.717, 1.165) is 122 Å². The molecule has 0 atom stereocenters. The minimum Gasteiger partial charge on any atom is -0.0622 e. The maximum atomic E-state index is 2.46. The van der Waals surface area contributed by atoms with Crippen molar-refractivity contribution < 1.29 is 0 Å². The molecular formula is C102H70. The lowest BCUT2D eigenvalue weighted by Crippen LogP contribution is -2.02.